The first-order valence-electron chi connectivity index (χ1n) is 7.83. The van der Waals surface area contributed by atoms with Crippen LogP contribution in [0.3, 0.4) is 0 Å². The Morgan fingerprint density at radius 3 is 2.42 bits per heavy atom. The van der Waals surface area contributed by atoms with Crippen molar-refractivity contribution in [3.8, 4) is 5.75 Å². The van der Waals surface area contributed by atoms with E-state index in [1.807, 2.05) is 35.7 Å². The Kier molecular flexibility index (Phi) is 4.73. The van der Waals surface area contributed by atoms with Gasteiger partial charge in [-0.1, -0.05) is 12.1 Å². The van der Waals surface area contributed by atoms with Gasteiger partial charge in [-0.25, -0.2) is 4.79 Å². The van der Waals surface area contributed by atoms with Crippen LogP contribution in [0.2, 0.25) is 0 Å². The molecular formula is C18H14O5S3. The minimum Gasteiger partial charge on any atom is -0.423 e. The maximum absolute atomic E-state index is 12.5. The molecule has 2 heterocycles. The molecule has 0 aliphatic carbocycles. The summed E-state index contributed by atoms with van der Waals surface area (Å²) >= 11 is 3.77. The zero-order valence-corrected chi connectivity index (χ0v) is 15.9. The molecule has 0 bridgehead atoms. The molecule has 3 aromatic rings. The summed E-state index contributed by atoms with van der Waals surface area (Å²) < 4.78 is 35.7. The number of thioether (sulfide) groups is 2. The van der Waals surface area contributed by atoms with Gasteiger partial charge in [0.2, 0.25) is 0 Å². The summed E-state index contributed by atoms with van der Waals surface area (Å²) in [6.07, 6.45) is 0. The van der Waals surface area contributed by atoms with E-state index in [9.17, 15) is 13.2 Å². The zero-order chi connectivity index (χ0) is 18.1. The van der Waals surface area contributed by atoms with Crippen molar-refractivity contribution in [2.24, 2.45) is 0 Å². The second-order valence-corrected chi connectivity index (χ2v) is 9.90. The molecule has 1 aliphatic rings. The van der Waals surface area contributed by atoms with Gasteiger partial charge in [-0.05, 0) is 42.0 Å². The van der Waals surface area contributed by atoms with Crippen LogP contribution in [0, 0.1) is 0 Å². The average Bonchev–Trinajstić information content (AvgIpc) is 3.16. The van der Waals surface area contributed by atoms with Gasteiger partial charge in [0.05, 0.1) is 4.58 Å². The molecule has 1 fully saturated rings. The van der Waals surface area contributed by atoms with Crippen LogP contribution in [0.5, 0.6) is 5.75 Å². The molecule has 26 heavy (non-hydrogen) atoms. The molecule has 1 aromatic heterocycles. The normalized spacial score (nSPS) is 15.4. The number of hydrogen-bond donors (Lipinski definition) is 0. The first kappa shape index (κ1) is 17.5. The standard InChI is InChI=1S/C18H14O5S3/c19-17-8-3-13-11-15(6-7-16(13)22-17)26(20,21)23-14-4-1-12(2-5-14)18-24-9-10-25-18/h1-8,11,18H,9-10H2. The minimum absolute atomic E-state index is 0.00447. The molecule has 8 heteroatoms. The van der Waals surface area contributed by atoms with Gasteiger partial charge in [-0.2, -0.15) is 8.42 Å². The van der Waals surface area contributed by atoms with Gasteiger partial charge in [0, 0.05) is 23.0 Å². The Hall–Kier alpha value is -1.90. The average molecular weight is 407 g/mol. The highest BCUT2D eigenvalue weighted by atomic mass is 32.2. The lowest BCUT2D eigenvalue weighted by Crippen LogP contribution is -2.10. The van der Waals surface area contributed by atoms with E-state index in [2.05, 4.69) is 0 Å². The number of rotatable bonds is 4. The zero-order valence-electron chi connectivity index (χ0n) is 13.5. The van der Waals surface area contributed by atoms with E-state index >= 15 is 0 Å². The van der Waals surface area contributed by atoms with E-state index < -0.39 is 15.7 Å². The highest BCUT2D eigenvalue weighted by Crippen LogP contribution is 2.45. The SMILES string of the molecule is O=c1ccc2cc(S(=O)(=O)Oc3ccc(C4SCCS4)cc3)ccc2o1. The van der Waals surface area contributed by atoms with E-state index in [1.165, 1.54) is 30.3 Å². The predicted molar refractivity (Wildman–Crippen MR) is 104 cm³/mol. The van der Waals surface area contributed by atoms with E-state index in [1.54, 1.807) is 12.1 Å². The number of benzene rings is 2. The van der Waals surface area contributed by atoms with E-state index in [0.717, 1.165) is 17.1 Å². The monoisotopic (exact) mass is 406 g/mol. The van der Waals surface area contributed by atoms with Gasteiger partial charge in [0.15, 0.2) is 0 Å². The molecule has 0 atom stereocenters. The molecule has 0 saturated carbocycles. The quantitative estimate of drug-likeness (QED) is 0.478. The van der Waals surface area contributed by atoms with Crippen molar-refractivity contribution in [2.75, 3.05) is 11.5 Å². The third-order valence-corrected chi connectivity index (χ3v) is 8.21. The van der Waals surface area contributed by atoms with Gasteiger partial charge in [-0.3, -0.25) is 0 Å². The topological polar surface area (TPSA) is 73.6 Å². The predicted octanol–water partition coefficient (Wildman–Crippen LogP) is 4.04. The van der Waals surface area contributed by atoms with Gasteiger partial charge in [0.25, 0.3) is 0 Å². The fraction of sp³-hybridized carbons (Fsp3) is 0.167. The largest absolute Gasteiger partial charge is 0.423 e. The molecular weight excluding hydrogens is 392 g/mol. The Balaban J connectivity index is 1.58. The Labute approximate surface area is 158 Å². The van der Waals surface area contributed by atoms with Crippen LogP contribution < -0.4 is 9.81 Å². The maximum Gasteiger partial charge on any atom is 0.339 e. The summed E-state index contributed by atoms with van der Waals surface area (Å²) in [7, 11) is -3.98. The molecule has 0 amide bonds. The second kappa shape index (κ2) is 7.02. The lowest BCUT2D eigenvalue weighted by atomic mass is 10.2. The second-order valence-electron chi connectivity index (χ2n) is 5.63. The first-order chi connectivity index (χ1) is 12.5. The van der Waals surface area contributed by atoms with Crippen LogP contribution in [-0.2, 0) is 10.1 Å². The highest BCUT2D eigenvalue weighted by Gasteiger charge is 2.20. The lowest BCUT2D eigenvalue weighted by molar-refractivity contribution is 0.486. The molecule has 134 valence electrons. The summed E-state index contributed by atoms with van der Waals surface area (Å²) in [6, 6.07) is 14.1. The summed E-state index contributed by atoms with van der Waals surface area (Å²) in [5, 5.41) is 0.514. The first-order valence-corrected chi connectivity index (χ1v) is 11.3. The Morgan fingerprint density at radius 2 is 1.69 bits per heavy atom. The van der Waals surface area contributed by atoms with Crippen LogP contribution in [-0.4, -0.2) is 19.9 Å². The van der Waals surface area contributed by atoms with Crippen molar-refractivity contribution >= 4 is 44.6 Å². The summed E-state index contributed by atoms with van der Waals surface area (Å²) in [5.41, 5.74) is 0.999. The van der Waals surface area contributed by atoms with Crippen LogP contribution in [0.15, 0.2) is 68.7 Å². The van der Waals surface area contributed by atoms with E-state index in [0.29, 0.717) is 15.6 Å². The Bertz CT molecular complexity index is 1100. The molecule has 2 aromatic carbocycles. The summed E-state index contributed by atoms with van der Waals surface area (Å²) in [5.74, 6) is 2.52. The molecule has 5 nitrogen and oxygen atoms in total. The molecule has 4 rings (SSSR count). The van der Waals surface area contributed by atoms with Crippen LogP contribution in [0.25, 0.3) is 11.0 Å². The van der Waals surface area contributed by atoms with E-state index in [4.69, 9.17) is 8.60 Å². The van der Waals surface area contributed by atoms with Gasteiger partial charge < -0.3 is 8.60 Å². The van der Waals surface area contributed by atoms with Gasteiger partial charge >= 0.3 is 15.7 Å². The third-order valence-electron chi connectivity index (χ3n) is 3.86. The summed E-state index contributed by atoms with van der Waals surface area (Å²) in [4.78, 5) is 11.2. The van der Waals surface area contributed by atoms with Crippen LogP contribution >= 0.6 is 23.5 Å². The van der Waals surface area contributed by atoms with Crippen molar-refractivity contribution in [3.63, 3.8) is 0 Å². The molecule has 0 spiro atoms. The van der Waals surface area contributed by atoms with Crippen molar-refractivity contribution < 1.29 is 17.0 Å². The fourth-order valence-corrected chi connectivity index (χ4v) is 6.44. The van der Waals surface area contributed by atoms with Gasteiger partial charge in [0.1, 0.15) is 16.2 Å². The molecule has 1 aliphatic heterocycles. The smallest absolute Gasteiger partial charge is 0.339 e. The third kappa shape index (κ3) is 3.62. The van der Waals surface area contributed by atoms with Gasteiger partial charge in [-0.15, -0.1) is 23.5 Å². The number of fused-ring (bicyclic) bond motifs is 1. The molecule has 1 saturated heterocycles. The molecule has 0 radical (unpaired) electrons. The van der Waals surface area contributed by atoms with Crippen LogP contribution in [0.1, 0.15) is 10.1 Å². The van der Waals surface area contributed by atoms with Crippen molar-refractivity contribution in [2.45, 2.75) is 9.48 Å². The summed E-state index contributed by atoms with van der Waals surface area (Å²) in [6.45, 7) is 0. The number of hydrogen-bond acceptors (Lipinski definition) is 7. The van der Waals surface area contributed by atoms with Crippen molar-refractivity contribution in [1.82, 2.24) is 0 Å². The van der Waals surface area contributed by atoms with Crippen LogP contribution in [0.4, 0.5) is 0 Å². The highest BCUT2D eigenvalue weighted by molar-refractivity contribution is 8.19. The van der Waals surface area contributed by atoms with Crippen molar-refractivity contribution in [1.29, 1.82) is 0 Å². The Morgan fingerprint density at radius 1 is 0.962 bits per heavy atom. The van der Waals surface area contributed by atoms with E-state index in [-0.39, 0.29) is 10.6 Å². The fourth-order valence-electron chi connectivity index (χ4n) is 2.61. The lowest BCUT2D eigenvalue weighted by Gasteiger charge is -2.10. The van der Waals surface area contributed by atoms with Crippen molar-refractivity contribution in [3.05, 3.63) is 70.6 Å². The molecule has 0 N–H and O–H groups in total. The minimum atomic E-state index is -3.98. The molecule has 0 unspecified atom stereocenters. The maximum atomic E-state index is 12.5.